The summed E-state index contributed by atoms with van der Waals surface area (Å²) in [5.74, 6) is 0.933. The van der Waals surface area contributed by atoms with Crippen molar-refractivity contribution < 1.29 is 14.3 Å². The standard InChI is InChI=1S/C17H16N2O3/c1-2-12-3-5-13(6-4-12)10-18-19-17(20)14-7-8-15-16(9-14)22-11-21-15/h3-10H,2,11H2,1H3,(H,19,20)/b18-10+. The minimum absolute atomic E-state index is 0.187. The summed E-state index contributed by atoms with van der Waals surface area (Å²) in [5, 5.41) is 3.97. The van der Waals surface area contributed by atoms with Crippen LogP contribution in [0.3, 0.4) is 0 Å². The number of carbonyl (C=O) groups is 1. The first-order chi connectivity index (χ1) is 10.8. The van der Waals surface area contributed by atoms with E-state index in [1.54, 1.807) is 24.4 Å². The van der Waals surface area contributed by atoms with Gasteiger partial charge in [0.15, 0.2) is 11.5 Å². The second kappa shape index (κ2) is 6.30. The van der Waals surface area contributed by atoms with E-state index in [0.717, 1.165) is 12.0 Å². The van der Waals surface area contributed by atoms with E-state index in [1.807, 2.05) is 24.3 Å². The van der Waals surface area contributed by atoms with Crippen molar-refractivity contribution >= 4 is 12.1 Å². The van der Waals surface area contributed by atoms with Gasteiger partial charge in [-0.25, -0.2) is 5.43 Å². The summed E-state index contributed by atoms with van der Waals surface area (Å²) >= 11 is 0. The van der Waals surface area contributed by atoms with Crippen LogP contribution in [-0.2, 0) is 6.42 Å². The zero-order chi connectivity index (χ0) is 15.4. The average Bonchev–Trinajstić information content (AvgIpc) is 3.03. The molecule has 1 heterocycles. The third-order valence-electron chi connectivity index (χ3n) is 3.40. The van der Waals surface area contributed by atoms with Gasteiger partial charge in [0, 0.05) is 5.56 Å². The molecule has 0 radical (unpaired) electrons. The number of carbonyl (C=O) groups excluding carboxylic acids is 1. The highest BCUT2D eigenvalue weighted by Crippen LogP contribution is 2.32. The molecule has 0 bridgehead atoms. The molecule has 0 aliphatic carbocycles. The van der Waals surface area contributed by atoms with Crippen LogP contribution >= 0.6 is 0 Å². The van der Waals surface area contributed by atoms with Crippen LogP contribution in [0.25, 0.3) is 0 Å². The van der Waals surface area contributed by atoms with E-state index in [0.29, 0.717) is 17.1 Å². The number of hydrogen-bond donors (Lipinski definition) is 1. The van der Waals surface area contributed by atoms with Gasteiger partial charge in [-0.05, 0) is 35.7 Å². The zero-order valence-corrected chi connectivity index (χ0v) is 12.2. The first kappa shape index (κ1) is 14.1. The van der Waals surface area contributed by atoms with E-state index in [1.165, 1.54) is 5.56 Å². The van der Waals surface area contributed by atoms with Gasteiger partial charge in [0.1, 0.15) is 0 Å². The van der Waals surface area contributed by atoms with E-state index in [9.17, 15) is 4.79 Å². The lowest BCUT2D eigenvalue weighted by Gasteiger charge is -2.02. The SMILES string of the molecule is CCc1ccc(/C=N/NC(=O)c2ccc3c(c2)OCO3)cc1. The fourth-order valence-electron chi connectivity index (χ4n) is 2.11. The highest BCUT2D eigenvalue weighted by molar-refractivity contribution is 5.95. The number of nitrogens with one attached hydrogen (secondary N) is 1. The quantitative estimate of drug-likeness (QED) is 0.697. The van der Waals surface area contributed by atoms with E-state index < -0.39 is 0 Å². The Morgan fingerprint density at radius 3 is 2.73 bits per heavy atom. The van der Waals surface area contributed by atoms with Crippen molar-refractivity contribution in [3.63, 3.8) is 0 Å². The Labute approximate surface area is 128 Å². The fraction of sp³-hybridized carbons (Fsp3) is 0.176. The molecule has 0 unspecified atom stereocenters. The monoisotopic (exact) mass is 296 g/mol. The fourth-order valence-corrected chi connectivity index (χ4v) is 2.11. The number of nitrogens with zero attached hydrogens (tertiary/aromatic N) is 1. The largest absolute Gasteiger partial charge is 0.454 e. The van der Waals surface area contributed by atoms with Crippen LogP contribution in [0, 0.1) is 0 Å². The molecule has 5 heteroatoms. The summed E-state index contributed by atoms with van der Waals surface area (Å²) in [5.41, 5.74) is 5.17. The van der Waals surface area contributed by atoms with Crippen LogP contribution in [0.2, 0.25) is 0 Å². The molecule has 112 valence electrons. The van der Waals surface area contributed by atoms with Gasteiger partial charge in [0.2, 0.25) is 6.79 Å². The molecular weight excluding hydrogens is 280 g/mol. The molecule has 22 heavy (non-hydrogen) atoms. The summed E-state index contributed by atoms with van der Waals surface area (Å²) in [7, 11) is 0. The molecule has 1 aliphatic heterocycles. The molecule has 5 nitrogen and oxygen atoms in total. The maximum absolute atomic E-state index is 12.0. The Hall–Kier alpha value is -2.82. The molecule has 0 aromatic heterocycles. The van der Waals surface area contributed by atoms with Crippen LogP contribution < -0.4 is 14.9 Å². The lowest BCUT2D eigenvalue weighted by atomic mass is 10.1. The molecule has 1 aliphatic rings. The number of hydrazone groups is 1. The second-order valence-corrected chi connectivity index (χ2v) is 4.86. The van der Waals surface area contributed by atoms with Crippen molar-refractivity contribution in [3.05, 3.63) is 59.2 Å². The molecular formula is C17H16N2O3. The van der Waals surface area contributed by atoms with Gasteiger partial charge in [0.25, 0.3) is 5.91 Å². The minimum Gasteiger partial charge on any atom is -0.454 e. The molecule has 3 rings (SSSR count). The van der Waals surface area contributed by atoms with Gasteiger partial charge in [-0.1, -0.05) is 31.2 Å². The van der Waals surface area contributed by atoms with Crippen molar-refractivity contribution in [2.24, 2.45) is 5.10 Å². The lowest BCUT2D eigenvalue weighted by Crippen LogP contribution is -2.17. The summed E-state index contributed by atoms with van der Waals surface area (Å²) in [6.45, 7) is 2.29. The maximum Gasteiger partial charge on any atom is 0.271 e. The number of amides is 1. The number of benzene rings is 2. The van der Waals surface area contributed by atoms with Gasteiger partial charge in [-0.3, -0.25) is 4.79 Å². The predicted octanol–water partition coefficient (Wildman–Crippen LogP) is 2.74. The average molecular weight is 296 g/mol. The molecule has 1 amide bonds. The van der Waals surface area contributed by atoms with E-state index in [-0.39, 0.29) is 12.7 Å². The number of rotatable bonds is 4. The minimum atomic E-state index is -0.292. The Balaban J connectivity index is 1.62. The third-order valence-corrected chi connectivity index (χ3v) is 3.40. The molecule has 2 aromatic rings. The zero-order valence-electron chi connectivity index (χ0n) is 12.2. The highest BCUT2D eigenvalue weighted by Gasteiger charge is 2.15. The smallest absolute Gasteiger partial charge is 0.271 e. The van der Waals surface area contributed by atoms with Gasteiger partial charge < -0.3 is 9.47 Å². The van der Waals surface area contributed by atoms with Crippen LogP contribution in [0.5, 0.6) is 11.5 Å². The van der Waals surface area contributed by atoms with Gasteiger partial charge >= 0.3 is 0 Å². The van der Waals surface area contributed by atoms with E-state index in [4.69, 9.17) is 9.47 Å². The van der Waals surface area contributed by atoms with Crippen LogP contribution in [0.1, 0.15) is 28.4 Å². The van der Waals surface area contributed by atoms with E-state index in [2.05, 4.69) is 17.5 Å². The van der Waals surface area contributed by atoms with Crippen LogP contribution in [-0.4, -0.2) is 18.9 Å². The highest BCUT2D eigenvalue weighted by atomic mass is 16.7. The Bertz CT molecular complexity index is 708. The van der Waals surface area contributed by atoms with Crippen molar-refractivity contribution in [1.29, 1.82) is 0 Å². The lowest BCUT2D eigenvalue weighted by molar-refractivity contribution is 0.0954. The molecule has 1 N–H and O–H groups in total. The topological polar surface area (TPSA) is 59.9 Å². The summed E-state index contributed by atoms with van der Waals surface area (Å²) < 4.78 is 10.5. The normalized spacial score (nSPS) is 12.6. The molecule has 0 atom stereocenters. The summed E-state index contributed by atoms with van der Waals surface area (Å²) in [6.07, 6.45) is 2.61. The first-order valence-electron chi connectivity index (χ1n) is 7.08. The van der Waals surface area contributed by atoms with Crippen molar-refractivity contribution in [1.82, 2.24) is 5.43 Å². The third kappa shape index (κ3) is 3.09. The maximum atomic E-state index is 12.0. The van der Waals surface area contributed by atoms with Gasteiger partial charge in [0.05, 0.1) is 6.21 Å². The Morgan fingerprint density at radius 1 is 1.18 bits per heavy atom. The van der Waals surface area contributed by atoms with Gasteiger partial charge in [-0.2, -0.15) is 5.10 Å². The van der Waals surface area contributed by atoms with Crippen molar-refractivity contribution in [3.8, 4) is 11.5 Å². The number of ether oxygens (including phenoxy) is 2. The molecule has 0 saturated carbocycles. The number of hydrogen-bond acceptors (Lipinski definition) is 4. The molecule has 2 aromatic carbocycles. The van der Waals surface area contributed by atoms with Crippen molar-refractivity contribution in [2.45, 2.75) is 13.3 Å². The second-order valence-electron chi connectivity index (χ2n) is 4.86. The summed E-state index contributed by atoms with van der Waals surface area (Å²) in [6, 6.07) is 13.0. The molecule has 0 spiro atoms. The predicted molar refractivity (Wildman–Crippen MR) is 83.4 cm³/mol. The number of fused-ring (bicyclic) bond motifs is 1. The van der Waals surface area contributed by atoms with Crippen LogP contribution in [0.4, 0.5) is 0 Å². The van der Waals surface area contributed by atoms with Crippen LogP contribution in [0.15, 0.2) is 47.6 Å². The Kier molecular flexibility index (Phi) is 4.05. The van der Waals surface area contributed by atoms with Crippen molar-refractivity contribution in [2.75, 3.05) is 6.79 Å². The van der Waals surface area contributed by atoms with Gasteiger partial charge in [-0.15, -0.1) is 0 Å². The van der Waals surface area contributed by atoms with E-state index >= 15 is 0 Å². The molecule has 0 fully saturated rings. The summed E-state index contributed by atoms with van der Waals surface area (Å²) in [4.78, 5) is 12.0. The first-order valence-corrected chi connectivity index (χ1v) is 7.08. The Morgan fingerprint density at radius 2 is 1.95 bits per heavy atom. The molecule has 0 saturated heterocycles. The number of aryl methyl sites for hydroxylation is 1.